The Hall–Kier alpha value is -1.27. The van der Waals surface area contributed by atoms with Gasteiger partial charge in [-0.2, -0.15) is 0 Å². The summed E-state index contributed by atoms with van der Waals surface area (Å²) in [5.74, 6) is 0.839. The molecule has 1 fully saturated rings. The first-order valence-corrected chi connectivity index (χ1v) is 9.96. The van der Waals surface area contributed by atoms with Crippen molar-refractivity contribution in [3.8, 4) is 0 Å². The Labute approximate surface area is 153 Å². The summed E-state index contributed by atoms with van der Waals surface area (Å²) < 4.78 is 19.2. The van der Waals surface area contributed by atoms with E-state index in [-0.39, 0.29) is 24.0 Å². The largest absolute Gasteiger partial charge is 0.444 e. The van der Waals surface area contributed by atoms with Gasteiger partial charge in [0.15, 0.2) is 0 Å². The van der Waals surface area contributed by atoms with Gasteiger partial charge in [0.1, 0.15) is 11.4 Å². The molecule has 2 aliphatic rings. The number of fused-ring (bicyclic) bond motifs is 1. The Bertz CT molecular complexity index is 632. The second-order valence-electron chi connectivity index (χ2n) is 7.80. The number of hydrogen-bond acceptors (Lipinski definition) is 4. The van der Waals surface area contributed by atoms with Crippen LogP contribution < -0.4 is 5.32 Å². The summed E-state index contributed by atoms with van der Waals surface area (Å²) in [6, 6.07) is 5.41. The molecular formula is C19H27FN2O2S. The molecule has 1 aromatic carbocycles. The van der Waals surface area contributed by atoms with Crippen molar-refractivity contribution in [2.45, 2.75) is 62.6 Å². The SMILES string of the molecule is CC(C)(C)OC(=O)N1CCCC(NC2CCSc3ccc(F)cc32)C1. The van der Waals surface area contributed by atoms with Crippen LogP contribution in [0.25, 0.3) is 0 Å². The van der Waals surface area contributed by atoms with Crippen molar-refractivity contribution in [3.63, 3.8) is 0 Å². The van der Waals surface area contributed by atoms with Gasteiger partial charge in [0.25, 0.3) is 0 Å². The van der Waals surface area contributed by atoms with E-state index in [0.717, 1.165) is 42.0 Å². The van der Waals surface area contributed by atoms with Crippen LogP contribution in [0.2, 0.25) is 0 Å². The maximum atomic E-state index is 13.7. The molecule has 3 rings (SSSR count). The van der Waals surface area contributed by atoms with Gasteiger partial charge in [-0.3, -0.25) is 0 Å². The summed E-state index contributed by atoms with van der Waals surface area (Å²) in [5, 5.41) is 3.66. The molecule has 1 N–H and O–H groups in total. The second-order valence-corrected chi connectivity index (χ2v) is 8.94. The van der Waals surface area contributed by atoms with E-state index in [0.29, 0.717) is 6.54 Å². The number of carbonyl (C=O) groups excluding carboxylic acids is 1. The average Bonchev–Trinajstić information content (AvgIpc) is 2.54. The van der Waals surface area contributed by atoms with E-state index in [2.05, 4.69) is 5.32 Å². The lowest BCUT2D eigenvalue weighted by Gasteiger charge is -2.37. The number of amides is 1. The van der Waals surface area contributed by atoms with E-state index in [1.54, 1.807) is 22.7 Å². The summed E-state index contributed by atoms with van der Waals surface area (Å²) in [6.07, 6.45) is 2.70. The second kappa shape index (κ2) is 7.54. The third-order valence-corrected chi connectivity index (χ3v) is 5.64. The molecule has 1 amide bonds. The topological polar surface area (TPSA) is 41.6 Å². The van der Waals surface area contributed by atoms with Crippen LogP contribution in [-0.2, 0) is 4.74 Å². The Morgan fingerprint density at radius 3 is 2.92 bits per heavy atom. The van der Waals surface area contributed by atoms with E-state index in [9.17, 15) is 9.18 Å². The molecule has 0 aliphatic carbocycles. The first-order chi connectivity index (χ1) is 11.8. The number of hydrogen-bond donors (Lipinski definition) is 1. The summed E-state index contributed by atoms with van der Waals surface area (Å²) in [4.78, 5) is 15.3. The average molecular weight is 367 g/mol. The molecule has 1 aromatic rings. The first-order valence-electron chi connectivity index (χ1n) is 8.98. The normalized spacial score (nSPS) is 23.9. The molecule has 2 atom stereocenters. The van der Waals surface area contributed by atoms with Crippen LogP contribution in [0.15, 0.2) is 23.1 Å². The summed E-state index contributed by atoms with van der Waals surface area (Å²) >= 11 is 1.78. The highest BCUT2D eigenvalue weighted by Gasteiger charge is 2.30. The van der Waals surface area contributed by atoms with Crippen molar-refractivity contribution in [2.75, 3.05) is 18.8 Å². The number of thioether (sulfide) groups is 1. The van der Waals surface area contributed by atoms with Crippen LogP contribution in [0.5, 0.6) is 0 Å². The Kier molecular flexibility index (Phi) is 5.58. The molecule has 0 aromatic heterocycles. The first kappa shape index (κ1) is 18.5. The van der Waals surface area contributed by atoms with Gasteiger partial charge >= 0.3 is 6.09 Å². The number of nitrogens with zero attached hydrogens (tertiary/aromatic N) is 1. The zero-order valence-electron chi connectivity index (χ0n) is 15.2. The summed E-state index contributed by atoms with van der Waals surface area (Å²) in [5.41, 5.74) is 0.569. The number of benzene rings is 1. The fraction of sp³-hybridized carbons (Fsp3) is 0.632. The molecular weight excluding hydrogens is 339 g/mol. The fourth-order valence-electron chi connectivity index (χ4n) is 3.43. The highest BCUT2D eigenvalue weighted by Crippen LogP contribution is 2.37. The Morgan fingerprint density at radius 1 is 1.36 bits per heavy atom. The van der Waals surface area contributed by atoms with E-state index in [4.69, 9.17) is 4.74 Å². The Morgan fingerprint density at radius 2 is 2.16 bits per heavy atom. The molecule has 4 nitrogen and oxygen atoms in total. The monoisotopic (exact) mass is 366 g/mol. The van der Waals surface area contributed by atoms with Gasteiger partial charge < -0.3 is 15.0 Å². The molecule has 6 heteroatoms. The minimum absolute atomic E-state index is 0.149. The smallest absolute Gasteiger partial charge is 0.410 e. The van der Waals surface area contributed by atoms with Crippen molar-refractivity contribution in [1.82, 2.24) is 10.2 Å². The molecule has 0 spiro atoms. The number of rotatable bonds is 2. The van der Waals surface area contributed by atoms with Gasteiger partial charge in [0.2, 0.25) is 0 Å². The zero-order chi connectivity index (χ0) is 18.0. The molecule has 0 radical (unpaired) electrons. The van der Waals surface area contributed by atoms with Gasteiger partial charge in [0, 0.05) is 30.1 Å². The molecule has 138 valence electrons. The van der Waals surface area contributed by atoms with Gasteiger partial charge in [0.05, 0.1) is 0 Å². The standard InChI is InChI=1S/C19H27FN2O2S/c1-19(2,3)24-18(23)22-9-4-5-14(12-22)21-16-8-10-25-17-7-6-13(20)11-15(16)17/h6-7,11,14,16,21H,4-5,8-10,12H2,1-3H3. The maximum Gasteiger partial charge on any atom is 0.410 e. The minimum Gasteiger partial charge on any atom is -0.444 e. The molecule has 0 saturated carbocycles. The van der Waals surface area contributed by atoms with Crippen molar-refractivity contribution in [3.05, 3.63) is 29.6 Å². The third kappa shape index (κ3) is 4.88. The predicted molar refractivity (Wildman–Crippen MR) is 98.4 cm³/mol. The van der Waals surface area contributed by atoms with Crippen molar-refractivity contribution in [1.29, 1.82) is 0 Å². The lowest BCUT2D eigenvalue weighted by atomic mass is 9.99. The van der Waals surface area contributed by atoms with Crippen molar-refractivity contribution in [2.24, 2.45) is 0 Å². The van der Waals surface area contributed by atoms with Crippen molar-refractivity contribution < 1.29 is 13.9 Å². The van der Waals surface area contributed by atoms with Gasteiger partial charge in [-0.15, -0.1) is 11.8 Å². The maximum absolute atomic E-state index is 13.7. The van der Waals surface area contributed by atoms with E-state index in [1.807, 2.05) is 26.8 Å². The van der Waals surface area contributed by atoms with E-state index < -0.39 is 5.60 Å². The highest BCUT2D eigenvalue weighted by atomic mass is 32.2. The number of carbonyl (C=O) groups is 1. The van der Waals surface area contributed by atoms with E-state index in [1.165, 1.54) is 6.07 Å². The third-order valence-electron chi connectivity index (χ3n) is 4.52. The minimum atomic E-state index is -0.478. The number of piperidine rings is 1. The lowest BCUT2D eigenvalue weighted by Crippen LogP contribution is -2.50. The van der Waals surface area contributed by atoms with Crippen LogP contribution >= 0.6 is 11.8 Å². The van der Waals surface area contributed by atoms with Crippen LogP contribution in [0.3, 0.4) is 0 Å². The van der Waals surface area contributed by atoms with Crippen LogP contribution in [0.4, 0.5) is 9.18 Å². The predicted octanol–water partition coefficient (Wildman–Crippen LogP) is 4.35. The molecule has 0 bridgehead atoms. The Balaban J connectivity index is 1.64. The summed E-state index contributed by atoms with van der Waals surface area (Å²) in [6.45, 7) is 7.03. The number of halogens is 1. The quantitative estimate of drug-likeness (QED) is 0.845. The fourth-order valence-corrected chi connectivity index (χ4v) is 4.53. The molecule has 2 aliphatic heterocycles. The van der Waals surface area contributed by atoms with Gasteiger partial charge in [-0.1, -0.05) is 0 Å². The number of ether oxygens (including phenoxy) is 1. The van der Waals surface area contributed by atoms with Crippen molar-refractivity contribution >= 4 is 17.9 Å². The van der Waals surface area contributed by atoms with Crippen LogP contribution in [0, 0.1) is 5.82 Å². The van der Waals surface area contributed by atoms with E-state index >= 15 is 0 Å². The summed E-state index contributed by atoms with van der Waals surface area (Å²) in [7, 11) is 0. The molecule has 25 heavy (non-hydrogen) atoms. The van der Waals surface area contributed by atoms with Crippen LogP contribution in [-0.4, -0.2) is 41.5 Å². The molecule has 1 saturated heterocycles. The highest BCUT2D eigenvalue weighted by molar-refractivity contribution is 7.99. The number of nitrogens with one attached hydrogen (secondary N) is 1. The molecule has 2 heterocycles. The van der Waals surface area contributed by atoms with Gasteiger partial charge in [-0.25, -0.2) is 9.18 Å². The zero-order valence-corrected chi connectivity index (χ0v) is 16.0. The van der Waals surface area contributed by atoms with Crippen LogP contribution in [0.1, 0.15) is 51.6 Å². The lowest BCUT2D eigenvalue weighted by molar-refractivity contribution is 0.0183. The number of likely N-dealkylation sites (tertiary alicyclic amines) is 1. The molecule has 2 unspecified atom stereocenters. The van der Waals surface area contributed by atoms with Gasteiger partial charge in [-0.05, 0) is 69.5 Å².